The van der Waals surface area contributed by atoms with Crippen LogP contribution >= 0.6 is 0 Å². The van der Waals surface area contributed by atoms with Gasteiger partial charge in [-0.3, -0.25) is 0 Å². The second-order valence-corrected chi connectivity index (χ2v) is 5.92. The maximum absolute atomic E-state index is 12.5. The van der Waals surface area contributed by atoms with E-state index in [1.807, 2.05) is 13.8 Å². The minimum absolute atomic E-state index is 0.0860. The van der Waals surface area contributed by atoms with Crippen molar-refractivity contribution >= 4 is 17.7 Å². The zero-order valence-electron chi connectivity index (χ0n) is 12.7. The molecule has 0 unspecified atom stereocenters. The van der Waals surface area contributed by atoms with Gasteiger partial charge in [0.1, 0.15) is 0 Å². The molecule has 0 saturated heterocycles. The molecule has 0 radical (unpaired) electrons. The molecular formula is C16H22N2O3. The van der Waals surface area contributed by atoms with Crippen LogP contribution in [0.25, 0.3) is 0 Å². The Balaban J connectivity index is 2.19. The number of carboxylic acid groups (broad SMARTS) is 1. The Labute approximate surface area is 125 Å². The summed E-state index contributed by atoms with van der Waals surface area (Å²) in [5, 5.41) is 12.0. The van der Waals surface area contributed by atoms with Gasteiger partial charge in [0.25, 0.3) is 0 Å². The molecule has 1 aromatic carbocycles. The number of amides is 2. The summed E-state index contributed by atoms with van der Waals surface area (Å²) < 4.78 is 0. The number of hydrogen-bond acceptors (Lipinski definition) is 2. The lowest BCUT2D eigenvalue weighted by Gasteiger charge is -2.27. The molecule has 2 amide bonds. The van der Waals surface area contributed by atoms with Crippen molar-refractivity contribution in [2.75, 3.05) is 11.9 Å². The third-order valence-electron chi connectivity index (χ3n) is 3.77. The lowest BCUT2D eigenvalue weighted by molar-refractivity contribution is 0.0698. The number of nitrogens with zero attached hydrogens (tertiary/aromatic N) is 1. The Morgan fingerprint density at radius 1 is 1.38 bits per heavy atom. The van der Waals surface area contributed by atoms with E-state index in [0.717, 1.165) is 12.1 Å². The summed E-state index contributed by atoms with van der Waals surface area (Å²) >= 11 is 0. The minimum Gasteiger partial charge on any atom is -0.478 e. The van der Waals surface area contributed by atoms with E-state index in [9.17, 15) is 14.7 Å². The van der Waals surface area contributed by atoms with Crippen molar-refractivity contribution in [3.05, 3.63) is 29.3 Å². The largest absolute Gasteiger partial charge is 0.478 e. The van der Waals surface area contributed by atoms with Gasteiger partial charge in [-0.1, -0.05) is 12.1 Å². The van der Waals surface area contributed by atoms with Crippen molar-refractivity contribution in [1.29, 1.82) is 0 Å². The van der Waals surface area contributed by atoms with Gasteiger partial charge in [0.05, 0.1) is 11.3 Å². The summed E-state index contributed by atoms with van der Waals surface area (Å²) in [4.78, 5) is 25.5. The fraction of sp³-hybridized carbons (Fsp3) is 0.500. The van der Waals surface area contributed by atoms with Crippen LogP contribution < -0.4 is 5.32 Å². The Bertz CT molecular complexity index is 550. The van der Waals surface area contributed by atoms with Crippen LogP contribution in [-0.4, -0.2) is 34.6 Å². The summed E-state index contributed by atoms with van der Waals surface area (Å²) in [5.41, 5.74) is 1.26. The van der Waals surface area contributed by atoms with Gasteiger partial charge in [-0.15, -0.1) is 0 Å². The number of carbonyl (C=O) groups excluding carboxylic acids is 1. The van der Waals surface area contributed by atoms with E-state index in [0.29, 0.717) is 11.6 Å². The first kappa shape index (κ1) is 15.4. The lowest BCUT2D eigenvalue weighted by atomic mass is 10.1. The molecule has 1 aliphatic carbocycles. The average Bonchev–Trinajstić information content (AvgIpc) is 3.21. The second-order valence-electron chi connectivity index (χ2n) is 5.92. The standard InChI is InChI=1S/C16H22N2O3/c1-10(2)18(9-12-7-8-12)16(21)17-14-11(3)5-4-6-13(14)15(19)20/h4-6,10,12H,7-9H2,1-3H3,(H,17,21)(H,19,20). The zero-order valence-corrected chi connectivity index (χ0v) is 12.7. The molecule has 21 heavy (non-hydrogen) atoms. The average molecular weight is 290 g/mol. The van der Waals surface area contributed by atoms with Crippen LogP contribution in [0.5, 0.6) is 0 Å². The predicted octanol–water partition coefficient (Wildman–Crippen LogP) is 3.35. The SMILES string of the molecule is Cc1cccc(C(=O)O)c1NC(=O)N(CC1CC1)C(C)C. The number of nitrogens with one attached hydrogen (secondary N) is 1. The number of rotatable bonds is 5. The van der Waals surface area contributed by atoms with Crippen molar-refractivity contribution in [2.24, 2.45) is 5.92 Å². The quantitative estimate of drug-likeness (QED) is 0.873. The Morgan fingerprint density at radius 3 is 2.57 bits per heavy atom. The van der Waals surface area contributed by atoms with Crippen molar-refractivity contribution in [3.8, 4) is 0 Å². The van der Waals surface area contributed by atoms with Gasteiger partial charge in [-0.25, -0.2) is 9.59 Å². The molecule has 1 aromatic rings. The molecule has 0 bridgehead atoms. The normalized spacial score (nSPS) is 14.1. The van der Waals surface area contributed by atoms with Crippen LogP contribution in [0.15, 0.2) is 18.2 Å². The molecule has 2 rings (SSSR count). The Kier molecular flexibility index (Phi) is 4.50. The highest BCUT2D eigenvalue weighted by Gasteiger charge is 2.28. The Hall–Kier alpha value is -2.04. The maximum Gasteiger partial charge on any atom is 0.337 e. The maximum atomic E-state index is 12.5. The molecule has 0 spiro atoms. The summed E-state index contributed by atoms with van der Waals surface area (Å²) in [6.45, 7) is 6.47. The van der Waals surface area contributed by atoms with E-state index in [1.54, 1.807) is 24.0 Å². The number of para-hydroxylation sites is 1. The van der Waals surface area contributed by atoms with Crippen LogP contribution in [0, 0.1) is 12.8 Å². The van der Waals surface area contributed by atoms with E-state index >= 15 is 0 Å². The number of benzene rings is 1. The molecule has 0 atom stereocenters. The molecular weight excluding hydrogens is 268 g/mol. The second kappa shape index (κ2) is 6.16. The smallest absolute Gasteiger partial charge is 0.337 e. The molecule has 1 aliphatic rings. The zero-order chi connectivity index (χ0) is 15.6. The van der Waals surface area contributed by atoms with Gasteiger partial charge >= 0.3 is 12.0 Å². The fourth-order valence-corrected chi connectivity index (χ4v) is 2.30. The molecule has 1 fully saturated rings. The first-order chi connectivity index (χ1) is 9.90. The third-order valence-corrected chi connectivity index (χ3v) is 3.77. The van der Waals surface area contributed by atoms with Crippen LogP contribution in [0.4, 0.5) is 10.5 Å². The third kappa shape index (κ3) is 3.74. The molecule has 114 valence electrons. The van der Waals surface area contributed by atoms with Gasteiger partial charge in [-0.05, 0) is 51.2 Å². The van der Waals surface area contributed by atoms with Crippen molar-refractivity contribution in [1.82, 2.24) is 4.90 Å². The molecule has 0 aromatic heterocycles. The number of aromatic carboxylic acids is 1. The number of carbonyl (C=O) groups is 2. The topological polar surface area (TPSA) is 69.6 Å². The van der Waals surface area contributed by atoms with Crippen LogP contribution in [0.3, 0.4) is 0 Å². The van der Waals surface area contributed by atoms with Crippen LogP contribution in [0.1, 0.15) is 42.6 Å². The van der Waals surface area contributed by atoms with E-state index in [-0.39, 0.29) is 17.6 Å². The number of hydrogen-bond donors (Lipinski definition) is 2. The molecule has 5 heteroatoms. The molecule has 1 saturated carbocycles. The number of aryl methyl sites for hydroxylation is 1. The predicted molar refractivity (Wildman–Crippen MR) is 81.7 cm³/mol. The molecule has 2 N–H and O–H groups in total. The van der Waals surface area contributed by atoms with E-state index in [1.165, 1.54) is 18.9 Å². The summed E-state index contributed by atoms with van der Waals surface area (Å²) in [6.07, 6.45) is 2.34. The van der Waals surface area contributed by atoms with E-state index in [4.69, 9.17) is 0 Å². The number of anilines is 1. The van der Waals surface area contributed by atoms with Crippen molar-refractivity contribution < 1.29 is 14.7 Å². The van der Waals surface area contributed by atoms with E-state index in [2.05, 4.69) is 5.32 Å². The van der Waals surface area contributed by atoms with E-state index < -0.39 is 5.97 Å². The summed E-state index contributed by atoms with van der Waals surface area (Å²) in [6, 6.07) is 4.84. The molecule has 5 nitrogen and oxygen atoms in total. The van der Waals surface area contributed by atoms with Gasteiger partial charge in [0.2, 0.25) is 0 Å². The van der Waals surface area contributed by atoms with Gasteiger partial charge in [0.15, 0.2) is 0 Å². The first-order valence-corrected chi connectivity index (χ1v) is 7.30. The molecule has 0 heterocycles. The summed E-state index contributed by atoms with van der Waals surface area (Å²) in [7, 11) is 0. The van der Waals surface area contributed by atoms with Crippen LogP contribution in [0.2, 0.25) is 0 Å². The minimum atomic E-state index is -1.03. The highest BCUT2D eigenvalue weighted by molar-refractivity contribution is 6.01. The number of urea groups is 1. The number of carboxylic acids is 1. The van der Waals surface area contributed by atoms with Crippen molar-refractivity contribution in [2.45, 2.75) is 39.7 Å². The first-order valence-electron chi connectivity index (χ1n) is 7.30. The monoisotopic (exact) mass is 290 g/mol. The van der Waals surface area contributed by atoms with Crippen molar-refractivity contribution in [3.63, 3.8) is 0 Å². The highest BCUT2D eigenvalue weighted by Crippen LogP contribution is 2.30. The van der Waals surface area contributed by atoms with Gasteiger partial charge in [0, 0.05) is 12.6 Å². The van der Waals surface area contributed by atoms with Gasteiger partial charge < -0.3 is 15.3 Å². The van der Waals surface area contributed by atoms with Crippen LogP contribution in [-0.2, 0) is 0 Å². The summed E-state index contributed by atoms with van der Waals surface area (Å²) in [5.74, 6) is -0.443. The molecule has 0 aliphatic heterocycles. The fourth-order valence-electron chi connectivity index (χ4n) is 2.30. The Morgan fingerprint density at radius 2 is 2.05 bits per heavy atom. The highest BCUT2D eigenvalue weighted by atomic mass is 16.4. The van der Waals surface area contributed by atoms with Gasteiger partial charge in [-0.2, -0.15) is 0 Å². The lowest BCUT2D eigenvalue weighted by Crippen LogP contribution is -2.41.